The molecule has 0 aromatic heterocycles. The molecule has 5 nitrogen and oxygen atoms in total. The number of hydrogen-bond acceptors (Lipinski definition) is 4. The number of unbranched alkanes of at least 4 members (excludes halogenated alkanes) is 2. The maximum absolute atomic E-state index is 11.9. The predicted molar refractivity (Wildman–Crippen MR) is 104 cm³/mol. The van der Waals surface area contributed by atoms with E-state index in [2.05, 4.69) is 13.8 Å². The Morgan fingerprint density at radius 2 is 1.70 bits per heavy atom. The average Bonchev–Trinajstić information content (AvgIpc) is 2.69. The average molecular weight is 374 g/mol. The van der Waals surface area contributed by atoms with Crippen molar-refractivity contribution in [1.29, 1.82) is 0 Å². The Kier molecular flexibility index (Phi) is 7.78. The van der Waals surface area contributed by atoms with Crippen molar-refractivity contribution in [2.24, 2.45) is 0 Å². The van der Waals surface area contributed by atoms with Crippen LogP contribution in [-0.2, 0) is 19.9 Å². The first kappa shape index (κ1) is 21.4. The van der Waals surface area contributed by atoms with Crippen LogP contribution in [0.4, 0.5) is 0 Å². The first-order valence-corrected chi connectivity index (χ1v) is 9.67. The van der Waals surface area contributed by atoms with Gasteiger partial charge in [-0.25, -0.2) is 4.79 Å². The Bertz CT molecular complexity index is 655. The first-order valence-electron chi connectivity index (χ1n) is 9.67. The smallest absolute Gasteiger partial charge is 0.345 e. The van der Waals surface area contributed by atoms with Gasteiger partial charge in [0.1, 0.15) is 0 Å². The second-order valence-corrected chi connectivity index (χ2v) is 6.79. The maximum Gasteiger partial charge on any atom is 0.345 e. The number of ether oxygens (including phenoxy) is 2. The fourth-order valence-electron chi connectivity index (χ4n) is 3.00. The lowest BCUT2D eigenvalue weighted by atomic mass is 9.82. The molecule has 1 aliphatic rings. The van der Waals surface area contributed by atoms with Crippen LogP contribution in [0.3, 0.4) is 0 Å². The minimum absolute atomic E-state index is 0.315. The van der Waals surface area contributed by atoms with E-state index in [1.54, 1.807) is 48.6 Å². The largest absolute Gasteiger partial charge is 0.479 e. The number of aliphatic hydroxyl groups is 1. The molecular formula is C22H30O5. The predicted octanol–water partition coefficient (Wildman–Crippen LogP) is 4.17. The molecule has 0 amide bonds. The highest BCUT2D eigenvalue weighted by molar-refractivity contribution is 5.84. The van der Waals surface area contributed by atoms with Crippen LogP contribution in [0.5, 0.6) is 0 Å². The third kappa shape index (κ3) is 5.06. The van der Waals surface area contributed by atoms with E-state index in [1.807, 2.05) is 0 Å². The molecule has 2 rings (SSSR count). The van der Waals surface area contributed by atoms with Crippen molar-refractivity contribution in [2.45, 2.75) is 57.3 Å². The van der Waals surface area contributed by atoms with Gasteiger partial charge in [-0.15, -0.1) is 0 Å². The molecule has 1 unspecified atom stereocenters. The molecule has 0 saturated carbocycles. The van der Waals surface area contributed by atoms with Gasteiger partial charge in [0.15, 0.2) is 5.79 Å². The van der Waals surface area contributed by atoms with Crippen molar-refractivity contribution in [3.8, 4) is 0 Å². The van der Waals surface area contributed by atoms with Crippen LogP contribution >= 0.6 is 0 Å². The second kappa shape index (κ2) is 9.83. The van der Waals surface area contributed by atoms with Crippen LogP contribution in [0, 0.1) is 0 Å². The summed E-state index contributed by atoms with van der Waals surface area (Å²) in [4.78, 5) is 11.9. The first-order chi connectivity index (χ1) is 13.0. The van der Waals surface area contributed by atoms with Gasteiger partial charge in [0, 0.05) is 6.42 Å². The summed E-state index contributed by atoms with van der Waals surface area (Å²) in [6.07, 6.45) is 9.30. The Balaban J connectivity index is 2.24. The van der Waals surface area contributed by atoms with Gasteiger partial charge in [-0.3, -0.25) is 0 Å². The van der Waals surface area contributed by atoms with Crippen LogP contribution < -0.4 is 0 Å². The quantitative estimate of drug-likeness (QED) is 0.449. The molecule has 2 N–H and O–H groups in total. The highest BCUT2D eigenvalue weighted by Crippen LogP contribution is 2.36. The molecule has 0 fully saturated rings. The second-order valence-electron chi connectivity index (χ2n) is 6.79. The summed E-state index contributed by atoms with van der Waals surface area (Å²) in [5.41, 5.74) is -1.47. The Hall–Kier alpha value is -1.95. The van der Waals surface area contributed by atoms with Crippen molar-refractivity contribution in [1.82, 2.24) is 0 Å². The lowest BCUT2D eigenvalue weighted by molar-refractivity contribution is -0.204. The summed E-state index contributed by atoms with van der Waals surface area (Å²) >= 11 is 0. The van der Waals surface area contributed by atoms with Gasteiger partial charge in [0.05, 0.1) is 13.2 Å². The van der Waals surface area contributed by atoms with E-state index < -0.39 is 17.4 Å². The third-order valence-electron chi connectivity index (χ3n) is 4.73. The molecule has 0 radical (unpaired) electrons. The lowest BCUT2D eigenvalue weighted by Crippen LogP contribution is -2.41. The van der Waals surface area contributed by atoms with Crippen molar-refractivity contribution >= 4 is 5.97 Å². The van der Waals surface area contributed by atoms with E-state index in [0.29, 0.717) is 30.8 Å². The van der Waals surface area contributed by atoms with Crippen molar-refractivity contribution < 1.29 is 24.5 Å². The summed E-state index contributed by atoms with van der Waals surface area (Å²) < 4.78 is 12.0. The number of carboxylic acid groups (broad SMARTS) is 1. The van der Waals surface area contributed by atoms with Crippen molar-refractivity contribution in [3.05, 3.63) is 59.7 Å². The summed E-state index contributed by atoms with van der Waals surface area (Å²) in [5, 5.41) is 20.7. The SMILES string of the molecule is CCCCOC1(OCCCC)C=CC(C(O)(C(=O)O)c2ccccc2)=CC1. The summed E-state index contributed by atoms with van der Waals surface area (Å²) in [7, 11) is 0. The lowest BCUT2D eigenvalue weighted by Gasteiger charge is -2.35. The molecule has 148 valence electrons. The number of hydrogen-bond donors (Lipinski definition) is 2. The van der Waals surface area contributed by atoms with E-state index in [4.69, 9.17) is 9.47 Å². The number of aliphatic carboxylic acids is 1. The zero-order chi connectivity index (χ0) is 19.8. The molecule has 0 saturated heterocycles. The van der Waals surface area contributed by atoms with Crippen LogP contribution in [0.2, 0.25) is 0 Å². The number of benzene rings is 1. The highest BCUT2D eigenvalue weighted by Gasteiger charge is 2.43. The highest BCUT2D eigenvalue weighted by atomic mass is 16.7. The maximum atomic E-state index is 11.9. The zero-order valence-corrected chi connectivity index (χ0v) is 16.2. The Morgan fingerprint density at radius 1 is 1.11 bits per heavy atom. The number of carboxylic acids is 1. The van der Waals surface area contributed by atoms with Gasteiger partial charge in [0.25, 0.3) is 0 Å². The molecule has 1 aromatic rings. The topological polar surface area (TPSA) is 76.0 Å². The van der Waals surface area contributed by atoms with E-state index in [-0.39, 0.29) is 0 Å². The number of carbonyl (C=O) groups is 1. The van der Waals surface area contributed by atoms with E-state index in [1.165, 1.54) is 0 Å². The van der Waals surface area contributed by atoms with Gasteiger partial charge < -0.3 is 19.7 Å². The third-order valence-corrected chi connectivity index (χ3v) is 4.73. The van der Waals surface area contributed by atoms with Gasteiger partial charge in [-0.2, -0.15) is 0 Å². The van der Waals surface area contributed by atoms with Gasteiger partial charge in [0.2, 0.25) is 5.60 Å². The fourth-order valence-corrected chi connectivity index (χ4v) is 3.00. The monoisotopic (exact) mass is 374 g/mol. The van der Waals surface area contributed by atoms with E-state index in [0.717, 1.165) is 25.7 Å². The molecular weight excluding hydrogens is 344 g/mol. The minimum atomic E-state index is -2.10. The van der Waals surface area contributed by atoms with Crippen LogP contribution in [0.25, 0.3) is 0 Å². The van der Waals surface area contributed by atoms with E-state index >= 15 is 0 Å². The molecule has 0 heterocycles. The Labute approximate surface area is 161 Å². The molecule has 5 heteroatoms. The van der Waals surface area contributed by atoms with E-state index in [9.17, 15) is 15.0 Å². The molecule has 1 atom stereocenters. The molecule has 27 heavy (non-hydrogen) atoms. The van der Waals surface area contributed by atoms with Crippen LogP contribution in [-0.4, -0.2) is 35.2 Å². The minimum Gasteiger partial charge on any atom is -0.479 e. The van der Waals surface area contributed by atoms with Gasteiger partial charge in [-0.1, -0.05) is 69.2 Å². The van der Waals surface area contributed by atoms with Crippen molar-refractivity contribution in [2.75, 3.05) is 13.2 Å². The standard InChI is InChI=1S/C22H30O5/c1-3-5-16-26-21(27-17-6-4-2)14-12-19(13-15-21)22(25,20(23)24)18-10-8-7-9-11-18/h7-14,25H,3-6,15-17H2,1-2H3,(H,23,24). The molecule has 0 bridgehead atoms. The van der Waals surface area contributed by atoms with Gasteiger partial charge >= 0.3 is 5.97 Å². The molecule has 0 aliphatic heterocycles. The van der Waals surface area contributed by atoms with Crippen LogP contribution in [0.15, 0.2) is 54.1 Å². The van der Waals surface area contributed by atoms with Gasteiger partial charge in [-0.05, 0) is 30.1 Å². The van der Waals surface area contributed by atoms with Crippen molar-refractivity contribution in [3.63, 3.8) is 0 Å². The molecule has 1 aliphatic carbocycles. The molecule has 1 aromatic carbocycles. The Morgan fingerprint density at radius 3 is 2.15 bits per heavy atom. The fraction of sp³-hybridized carbons (Fsp3) is 0.500. The van der Waals surface area contributed by atoms with Crippen LogP contribution in [0.1, 0.15) is 51.5 Å². The summed E-state index contributed by atoms with van der Waals surface area (Å²) in [6, 6.07) is 8.43. The zero-order valence-electron chi connectivity index (χ0n) is 16.2. The summed E-state index contributed by atoms with van der Waals surface area (Å²) in [5.74, 6) is -2.21. The normalized spacial score (nSPS) is 18.0. The number of rotatable bonds is 11. The molecule has 0 spiro atoms. The summed E-state index contributed by atoms with van der Waals surface area (Å²) in [6.45, 7) is 5.32.